The monoisotopic (exact) mass is 326 g/mol. The number of rotatable bonds is 6. The number of likely N-dealkylation sites (N-methyl/N-ethyl adjacent to an activating group) is 2. The third-order valence-corrected chi connectivity index (χ3v) is 3.37. The van der Waals surface area contributed by atoms with Crippen molar-refractivity contribution >= 4 is 27.6 Å². The minimum absolute atomic E-state index is 0.00505. The van der Waals surface area contributed by atoms with Gasteiger partial charge in [-0.2, -0.15) is 0 Å². The van der Waals surface area contributed by atoms with Gasteiger partial charge in [0.2, 0.25) is 5.91 Å². The van der Waals surface area contributed by atoms with E-state index in [4.69, 9.17) is 0 Å². The Morgan fingerprint density at radius 3 is 2.16 bits per heavy atom. The molecule has 0 N–H and O–H groups in total. The summed E-state index contributed by atoms with van der Waals surface area (Å²) in [6.45, 7) is 3.14. The molecular formula is C14H19BrN2O2. The lowest BCUT2D eigenvalue weighted by atomic mass is 10.1. The standard InChI is InChI=1S/C14H19BrN2O2/c1-4-17(10-14(19)16(2)3)9-13(18)11-5-7-12(15)8-6-11/h5-8H,4,9-10H2,1-3H3. The van der Waals surface area contributed by atoms with Gasteiger partial charge in [-0.25, -0.2) is 0 Å². The SMILES string of the molecule is CCN(CC(=O)c1ccc(Br)cc1)CC(=O)N(C)C. The van der Waals surface area contributed by atoms with Crippen LogP contribution in [0.1, 0.15) is 17.3 Å². The number of hydrogen-bond donors (Lipinski definition) is 0. The maximum Gasteiger partial charge on any atom is 0.236 e. The largest absolute Gasteiger partial charge is 0.348 e. The molecule has 0 aliphatic carbocycles. The van der Waals surface area contributed by atoms with E-state index < -0.39 is 0 Å². The molecule has 0 spiro atoms. The molecule has 0 aliphatic heterocycles. The molecule has 19 heavy (non-hydrogen) atoms. The first-order chi connectivity index (χ1) is 8.93. The average molecular weight is 327 g/mol. The van der Waals surface area contributed by atoms with Crippen molar-refractivity contribution in [1.29, 1.82) is 0 Å². The van der Waals surface area contributed by atoms with E-state index in [1.807, 2.05) is 24.0 Å². The van der Waals surface area contributed by atoms with Crippen molar-refractivity contribution < 1.29 is 9.59 Å². The van der Waals surface area contributed by atoms with E-state index in [0.717, 1.165) is 4.47 Å². The fourth-order valence-electron chi connectivity index (χ4n) is 1.54. The van der Waals surface area contributed by atoms with Crippen LogP contribution in [0.4, 0.5) is 0 Å². The molecular weight excluding hydrogens is 308 g/mol. The summed E-state index contributed by atoms with van der Waals surface area (Å²) in [4.78, 5) is 27.1. The normalized spacial score (nSPS) is 10.6. The maximum atomic E-state index is 12.1. The number of carbonyl (C=O) groups is 2. The molecule has 1 aromatic rings. The summed E-state index contributed by atoms with van der Waals surface area (Å²) >= 11 is 3.34. The van der Waals surface area contributed by atoms with Gasteiger partial charge in [0.1, 0.15) is 0 Å². The Kier molecular flexibility index (Phi) is 6.18. The second kappa shape index (κ2) is 7.40. The molecule has 1 amide bonds. The quantitative estimate of drug-likeness (QED) is 0.751. The molecule has 0 radical (unpaired) electrons. The van der Waals surface area contributed by atoms with Crippen LogP contribution in [0, 0.1) is 0 Å². The van der Waals surface area contributed by atoms with Crippen molar-refractivity contribution in [2.24, 2.45) is 0 Å². The molecule has 0 aliphatic rings. The molecule has 4 nitrogen and oxygen atoms in total. The molecule has 0 fully saturated rings. The van der Waals surface area contributed by atoms with Crippen molar-refractivity contribution in [3.05, 3.63) is 34.3 Å². The van der Waals surface area contributed by atoms with Crippen molar-refractivity contribution in [3.8, 4) is 0 Å². The topological polar surface area (TPSA) is 40.6 Å². The van der Waals surface area contributed by atoms with E-state index >= 15 is 0 Å². The zero-order valence-electron chi connectivity index (χ0n) is 11.5. The van der Waals surface area contributed by atoms with Crippen LogP contribution in [0.2, 0.25) is 0 Å². The number of ketones is 1. The van der Waals surface area contributed by atoms with Gasteiger partial charge in [0, 0.05) is 24.1 Å². The molecule has 0 aromatic heterocycles. The number of Topliss-reactive ketones (excluding diaryl/α,β-unsaturated/α-hetero) is 1. The highest BCUT2D eigenvalue weighted by Gasteiger charge is 2.15. The maximum absolute atomic E-state index is 12.1. The Morgan fingerprint density at radius 1 is 1.11 bits per heavy atom. The van der Waals surface area contributed by atoms with Crippen LogP contribution in [0.25, 0.3) is 0 Å². The zero-order chi connectivity index (χ0) is 14.4. The summed E-state index contributed by atoms with van der Waals surface area (Å²) in [5.74, 6) is 0.0337. The minimum atomic E-state index is 0.00505. The second-order valence-corrected chi connectivity index (χ2v) is 5.44. The lowest BCUT2D eigenvalue weighted by Gasteiger charge is -2.21. The molecule has 0 saturated heterocycles. The molecule has 0 unspecified atom stereocenters. The number of benzene rings is 1. The van der Waals surface area contributed by atoms with Crippen molar-refractivity contribution in [3.63, 3.8) is 0 Å². The first-order valence-corrected chi connectivity index (χ1v) is 6.94. The van der Waals surface area contributed by atoms with Gasteiger partial charge in [-0.05, 0) is 18.7 Å². The highest BCUT2D eigenvalue weighted by atomic mass is 79.9. The average Bonchev–Trinajstić information content (AvgIpc) is 2.38. The Bertz CT molecular complexity index is 443. The lowest BCUT2D eigenvalue weighted by Crippen LogP contribution is -2.39. The fourth-order valence-corrected chi connectivity index (χ4v) is 1.81. The first-order valence-electron chi connectivity index (χ1n) is 6.15. The van der Waals surface area contributed by atoms with Crippen LogP contribution in [-0.2, 0) is 4.79 Å². The number of amides is 1. The highest BCUT2D eigenvalue weighted by Crippen LogP contribution is 2.11. The van der Waals surface area contributed by atoms with Crippen LogP contribution in [0.15, 0.2) is 28.7 Å². The van der Waals surface area contributed by atoms with Crippen molar-refractivity contribution in [1.82, 2.24) is 9.80 Å². The van der Waals surface area contributed by atoms with Gasteiger partial charge in [-0.15, -0.1) is 0 Å². The molecule has 104 valence electrons. The number of nitrogens with zero attached hydrogens (tertiary/aromatic N) is 2. The number of halogens is 1. The van der Waals surface area contributed by atoms with Gasteiger partial charge in [0.15, 0.2) is 5.78 Å². The molecule has 5 heteroatoms. The van der Waals surface area contributed by atoms with Crippen LogP contribution >= 0.6 is 15.9 Å². The summed E-state index contributed by atoms with van der Waals surface area (Å²) < 4.78 is 0.944. The smallest absolute Gasteiger partial charge is 0.236 e. The van der Waals surface area contributed by atoms with Crippen LogP contribution in [0.5, 0.6) is 0 Å². The zero-order valence-corrected chi connectivity index (χ0v) is 13.1. The van der Waals surface area contributed by atoms with E-state index in [9.17, 15) is 9.59 Å². The van der Waals surface area contributed by atoms with Crippen molar-refractivity contribution in [2.45, 2.75) is 6.92 Å². The van der Waals surface area contributed by atoms with Crippen LogP contribution < -0.4 is 0 Å². The van der Waals surface area contributed by atoms with E-state index in [2.05, 4.69) is 15.9 Å². The van der Waals surface area contributed by atoms with Gasteiger partial charge in [-0.1, -0.05) is 35.0 Å². The Balaban J connectivity index is 2.63. The highest BCUT2D eigenvalue weighted by molar-refractivity contribution is 9.10. The Hall–Kier alpha value is -1.20. The molecule has 1 aromatic carbocycles. The molecule has 1 rings (SSSR count). The van der Waals surface area contributed by atoms with Gasteiger partial charge in [-0.3, -0.25) is 14.5 Å². The third kappa shape index (κ3) is 5.12. The molecule has 0 saturated carbocycles. The van der Waals surface area contributed by atoms with Gasteiger partial charge < -0.3 is 4.90 Å². The predicted molar refractivity (Wildman–Crippen MR) is 79.3 cm³/mol. The summed E-state index contributed by atoms with van der Waals surface area (Å²) in [5.41, 5.74) is 0.666. The first kappa shape index (κ1) is 15.9. The Labute approximate surface area is 122 Å². The van der Waals surface area contributed by atoms with E-state index in [1.165, 1.54) is 4.90 Å². The van der Waals surface area contributed by atoms with E-state index in [1.54, 1.807) is 26.2 Å². The van der Waals surface area contributed by atoms with Crippen LogP contribution in [0.3, 0.4) is 0 Å². The minimum Gasteiger partial charge on any atom is -0.348 e. The van der Waals surface area contributed by atoms with Gasteiger partial charge >= 0.3 is 0 Å². The summed E-state index contributed by atoms with van der Waals surface area (Å²) in [6.07, 6.45) is 0. The second-order valence-electron chi connectivity index (χ2n) is 4.52. The van der Waals surface area contributed by atoms with Crippen LogP contribution in [-0.4, -0.2) is 55.2 Å². The number of hydrogen-bond acceptors (Lipinski definition) is 3. The number of carbonyl (C=O) groups excluding carboxylic acids is 2. The molecule has 0 heterocycles. The third-order valence-electron chi connectivity index (χ3n) is 2.84. The van der Waals surface area contributed by atoms with E-state index in [0.29, 0.717) is 12.1 Å². The summed E-state index contributed by atoms with van der Waals surface area (Å²) in [7, 11) is 3.43. The van der Waals surface area contributed by atoms with Gasteiger partial charge in [0.05, 0.1) is 13.1 Å². The summed E-state index contributed by atoms with van der Waals surface area (Å²) in [6, 6.07) is 7.25. The predicted octanol–water partition coefficient (Wildman–Crippen LogP) is 2.04. The van der Waals surface area contributed by atoms with Crippen molar-refractivity contribution in [2.75, 3.05) is 33.7 Å². The van der Waals surface area contributed by atoms with E-state index in [-0.39, 0.29) is 24.8 Å². The molecule has 0 atom stereocenters. The Morgan fingerprint density at radius 2 is 1.68 bits per heavy atom. The van der Waals surface area contributed by atoms with Gasteiger partial charge in [0.25, 0.3) is 0 Å². The lowest BCUT2D eigenvalue weighted by molar-refractivity contribution is -0.129. The summed E-state index contributed by atoms with van der Waals surface area (Å²) in [5, 5.41) is 0. The molecule has 0 bridgehead atoms. The fraction of sp³-hybridized carbons (Fsp3) is 0.429.